The maximum Gasteiger partial charge on any atom is 0.303 e. The standard InChI is InChI=1S/C15H12ClN3O2/c16-12-5-2-1-4-10(12)14-11(6-7-13(20)21)15-17-8-3-9-19(15)18-14/h1-5,8-9H,6-7H2,(H,20,21). The van der Waals surface area contributed by atoms with Crippen LogP contribution in [0.3, 0.4) is 0 Å². The summed E-state index contributed by atoms with van der Waals surface area (Å²) in [6.45, 7) is 0. The van der Waals surface area contributed by atoms with E-state index in [1.807, 2.05) is 18.2 Å². The van der Waals surface area contributed by atoms with E-state index < -0.39 is 5.97 Å². The molecular formula is C15H12ClN3O2. The molecule has 3 rings (SSSR count). The van der Waals surface area contributed by atoms with Crippen LogP contribution in [0.5, 0.6) is 0 Å². The van der Waals surface area contributed by atoms with Crippen LogP contribution in [0.2, 0.25) is 5.02 Å². The summed E-state index contributed by atoms with van der Waals surface area (Å²) >= 11 is 6.24. The van der Waals surface area contributed by atoms with Crippen LogP contribution in [0, 0.1) is 0 Å². The minimum absolute atomic E-state index is 0.0232. The number of rotatable bonds is 4. The van der Waals surface area contributed by atoms with E-state index in [1.54, 1.807) is 29.0 Å². The second-order valence-corrected chi connectivity index (χ2v) is 5.00. The quantitative estimate of drug-likeness (QED) is 0.804. The van der Waals surface area contributed by atoms with Crippen LogP contribution in [-0.4, -0.2) is 25.7 Å². The topological polar surface area (TPSA) is 67.5 Å². The molecule has 0 spiro atoms. The van der Waals surface area contributed by atoms with Gasteiger partial charge in [-0.3, -0.25) is 4.79 Å². The zero-order chi connectivity index (χ0) is 14.8. The SMILES string of the molecule is O=C(O)CCc1c(-c2ccccc2Cl)nn2cccnc12. The lowest BCUT2D eigenvalue weighted by atomic mass is 10.0. The van der Waals surface area contributed by atoms with Gasteiger partial charge in [0.1, 0.15) is 0 Å². The molecule has 6 heteroatoms. The first-order valence-corrected chi connectivity index (χ1v) is 6.83. The molecule has 1 aromatic carbocycles. The number of hydrogen-bond acceptors (Lipinski definition) is 3. The second kappa shape index (κ2) is 5.54. The van der Waals surface area contributed by atoms with Crippen LogP contribution in [0.15, 0.2) is 42.7 Å². The maximum absolute atomic E-state index is 10.9. The molecule has 0 aliphatic heterocycles. The fourth-order valence-electron chi connectivity index (χ4n) is 2.27. The van der Waals surface area contributed by atoms with E-state index in [-0.39, 0.29) is 6.42 Å². The molecule has 0 saturated heterocycles. The lowest BCUT2D eigenvalue weighted by Crippen LogP contribution is -1.99. The summed E-state index contributed by atoms with van der Waals surface area (Å²) in [7, 11) is 0. The fraction of sp³-hybridized carbons (Fsp3) is 0.133. The molecule has 0 unspecified atom stereocenters. The number of carboxylic acids is 1. The van der Waals surface area contributed by atoms with Crippen LogP contribution in [-0.2, 0) is 11.2 Å². The van der Waals surface area contributed by atoms with Crippen molar-refractivity contribution in [2.45, 2.75) is 12.8 Å². The molecule has 2 heterocycles. The number of halogens is 1. The Balaban J connectivity index is 2.19. The Morgan fingerprint density at radius 1 is 1.29 bits per heavy atom. The number of fused-ring (bicyclic) bond motifs is 1. The highest BCUT2D eigenvalue weighted by atomic mass is 35.5. The van der Waals surface area contributed by atoms with Crippen molar-refractivity contribution in [2.24, 2.45) is 0 Å². The average Bonchev–Trinajstić information content (AvgIpc) is 2.84. The Morgan fingerprint density at radius 2 is 2.10 bits per heavy atom. The van der Waals surface area contributed by atoms with Gasteiger partial charge in [-0.15, -0.1) is 0 Å². The Bertz CT molecular complexity index is 814. The molecule has 2 aromatic heterocycles. The van der Waals surface area contributed by atoms with Crippen molar-refractivity contribution in [1.29, 1.82) is 0 Å². The van der Waals surface area contributed by atoms with Gasteiger partial charge in [0.15, 0.2) is 5.65 Å². The van der Waals surface area contributed by atoms with Gasteiger partial charge >= 0.3 is 5.97 Å². The molecule has 0 aliphatic carbocycles. The van der Waals surface area contributed by atoms with Gasteiger partial charge in [-0.05, 0) is 18.6 Å². The van der Waals surface area contributed by atoms with E-state index >= 15 is 0 Å². The highest BCUT2D eigenvalue weighted by Gasteiger charge is 2.17. The summed E-state index contributed by atoms with van der Waals surface area (Å²) < 4.78 is 1.65. The number of carboxylic acid groups (broad SMARTS) is 1. The lowest BCUT2D eigenvalue weighted by Gasteiger charge is -2.03. The van der Waals surface area contributed by atoms with E-state index in [0.717, 1.165) is 11.1 Å². The zero-order valence-electron chi connectivity index (χ0n) is 11.0. The molecule has 5 nitrogen and oxygen atoms in total. The van der Waals surface area contributed by atoms with Gasteiger partial charge in [-0.1, -0.05) is 29.8 Å². The third-order valence-electron chi connectivity index (χ3n) is 3.21. The highest BCUT2D eigenvalue weighted by molar-refractivity contribution is 6.33. The molecule has 1 N–H and O–H groups in total. The molecule has 106 valence electrons. The molecule has 0 saturated carbocycles. The van der Waals surface area contributed by atoms with Crippen molar-refractivity contribution in [1.82, 2.24) is 14.6 Å². The number of hydrogen-bond donors (Lipinski definition) is 1. The van der Waals surface area contributed by atoms with Crippen LogP contribution < -0.4 is 0 Å². The predicted octanol–water partition coefficient (Wildman–Crippen LogP) is 3.07. The highest BCUT2D eigenvalue weighted by Crippen LogP contribution is 2.31. The largest absolute Gasteiger partial charge is 0.481 e. The minimum atomic E-state index is -0.851. The smallest absolute Gasteiger partial charge is 0.303 e. The van der Waals surface area contributed by atoms with Crippen molar-refractivity contribution in [3.63, 3.8) is 0 Å². The average molecular weight is 302 g/mol. The van der Waals surface area contributed by atoms with Gasteiger partial charge in [0.25, 0.3) is 0 Å². The van der Waals surface area contributed by atoms with Crippen molar-refractivity contribution in [2.75, 3.05) is 0 Å². The normalized spacial score (nSPS) is 10.9. The van der Waals surface area contributed by atoms with Gasteiger partial charge < -0.3 is 5.11 Å². The fourth-order valence-corrected chi connectivity index (χ4v) is 2.49. The van der Waals surface area contributed by atoms with E-state index in [1.165, 1.54) is 0 Å². The Kier molecular flexibility index (Phi) is 3.58. The van der Waals surface area contributed by atoms with Crippen molar-refractivity contribution in [3.8, 4) is 11.3 Å². The van der Waals surface area contributed by atoms with E-state index in [9.17, 15) is 4.79 Å². The summed E-state index contributed by atoms with van der Waals surface area (Å²) in [6, 6.07) is 9.15. The summed E-state index contributed by atoms with van der Waals surface area (Å²) in [5, 5.41) is 14.0. The molecule has 0 bridgehead atoms. The summed E-state index contributed by atoms with van der Waals surface area (Å²) in [5.74, 6) is -0.851. The first-order chi connectivity index (χ1) is 10.2. The van der Waals surface area contributed by atoms with E-state index in [0.29, 0.717) is 22.8 Å². The number of carbonyl (C=O) groups is 1. The van der Waals surface area contributed by atoms with Crippen LogP contribution in [0.25, 0.3) is 16.9 Å². The van der Waals surface area contributed by atoms with Crippen LogP contribution in [0.4, 0.5) is 0 Å². The maximum atomic E-state index is 10.9. The predicted molar refractivity (Wildman–Crippen MR) is 79.4 cm³/mol. The Labute approximate surface area is 125 Å². The molecule has 21 heavy (non-hydrogen) atoms. The van der Waals surface area contributed by atoms with Gasteiger partial charge in [0.2, 0.25) is 0 Å². The Morgan fingerprint density at radius 3 is 2.86 bits per heavy atom. The van der Waals surface area contributed by atoms with Crippen LogP contribution >= 0.6 is 11.6 Å². The first-order valence-electron chi connectivity index (χ1n) is 6.46. The van der Waals surface area contributed by atoms with E-state index in [2.05, 4.69) is 10.1 Å². The summed E-state index contributed by atoms with van der Waals surface area (Å²) in [6.07, 6.45) is 3.83. The molecular weight excluding hydrogens is 290 g/mol. The second-order valence-electron chi connectivity index (χ2n) is 4.59. The number of aromatic nitrogens is 3. The van der Waals surface area contributed by atoms with Crippen molar-refractivity contribution >= 4 is 23.2 Å². The Hall–Kier alpha value is -2.40. The third-order valence-corrected chi connectivity index (χ3v) is 3.54. The number of aliphatic carboxylic acids is 1. The minimum Gasteiger partial charge on any atom is -0.481 e. The molecule has 0 fully saturated rings. The van der Waals surface area contributed by atoms with Crippen LogP contribution in [0.1, 0.15) is 12.0 Å². The molecule has 0 amide bonds. The van der Waals surface area contributed by atoms with Crippen molar-refractivity contribution < 1.29 is 9.90 Å². The first kappa shape index (κ1) is 13.6. The molecule has 3 aromatic rings. The molecule has 0 atom stereocenters. The van der Waals surface area contributed by atoms with E-state index in [4.69, 9.17) is 16.7 Å². The zero-order valence-corrected chi connectivity index (χ0v) is 11.8. The number of nitrogens with zero attached hydrogens (tertiary/aromatic N) is 3. The van der Waals surface area contributed by atoms with Gasteiger partial charge in [0, 0.05) is 29.9 Å². The van der Waals surface area contributed by atoms with Crippen molar-refractivity contribution in [3.05, 3.63) is 53.3 Å². The number of benzene rings is 1. The summed E-state index contributed by atoms with van der Waals surface area (Å²) in [5.41, 5.74) is 2.92. The number of aryl methyl sites for hydroxylation is 1. The van der Waals surface area contributed by atoms with Gasteiger partial charge in [-0.2, -0.15) is 5.10 Å². The lowest BCUT2D eigenvalue weighted by molar-refractivity contribution is -0.136. The van der Waals surface area contributed by atoms with Gasteiger partial charge in [-0.25, -0.2) is 9.50 Å². The molecule has 0 radical (unpaired) electrons. The summed E-state index contributed by atoms with van der Waals surface area (Å²) in [4.78, 5) is 15.2. The van der Waals surface area contributed by atoms with Gasteiger partial charge in [0.05, 0.1) is 10.7 Å². The molecule has 0 aliphatic rings. The third kappa shape index (κ3) is 2.60. The monoisotopic (exact) mass is 301 g/mol.